The van der Waals surface area contributed by atoms with Crippen LogP contribution in [0, 0.1) is 18.4 Å². The largest absolute Gasteiger partial charge is 0.315 e. The molecule has 0 fully saturated rings. The second kappa shape index (κ2) is 11.4. The molecule has 97 valence electrons. The Morgan fingerprint density at radius 2 is 1.56 bits per heavy atom. The molecule has 16 heavy (non-hydrogen) atoms. The van der Waals surface area contributed by atoms with E-state index in [1.165, 1.54) is 51.4 Å². The highest BCUT2D eigenvalue weighted by Crippen LogP contribution is 2.19. The minimum absolute atomic E-state index is 0.843. The Labute approximate surface area is 103 Å². The molecule has 0 aliphatic heterocycles. The molecule has 1 radical (unpaired) electrons. The third-order valence-corrected chi connectivity index (χ3v) is 3.42. The van der Waals surface area contributed by atoms with Gasteiger partial charge in [-0.15, -0.1) is 0 Å². The average Bonchev–Trinajstić information content (AvgIpc) is 2.26. The van der Waals surface area contributed by atoms with Crippen molar-refractivity contribution in [3.05, 3.63) is 6.54 Å². The van der Waals surface area contributed by atoms with Crippen molar-refractivity contribution in [2.24, 2.45) is 11.8 Å². The summed E-state index contributed by atoms with van der Waals surface area (Å²) in [6.45, 7) is 9.23. The van der Waals surface area contributed by atoms with Crippen molar-refractivity contribution in [2.45, 2.75) is 72.1 Å². The fourth-order valence-electron chi connectivity index (χ4n) is 2.14. The smallest absolute Gasteiger partial charge is 0.0220 e. The summed E-state index contributed by atoms with van der Waals surface area (Å²) in [6.07, 6.45) is 11.1. The molecule has 0 spiro atoms. The Hall–Kier alpha value is -0.0400. The number of nitrogens with one attached hydrogen (secondary N) is 1. The minimum atomic E-state index is 0.843. The fourth-order valence-corrected chi connectivity index (χ4v) is 2.14. The quantitative estimate of drug-likeness (QED) is 0.500. The van der Waals surface area contributed by atoms with Crippen molar-refractivity contribution in [1.29, 1.82) is 0 Å². The Kier molecular flexibility index (Phi) is 11.4. The molecule has 0 rings (SSSR count). The highest BCUT2D eigenvalue weighted by Gasteiger charge is 2.05. The summed E-state index contributed by atoms with van der Waals surface area (Å²) < 4.78 is 0. The van der Waals surface area contributed by atoms with Crippen LogP contribution in [0.15, 0.2) is 0 Å². The van der Waals surface area contributed by atoms with Gasteiger partial charge in [-0.1, -0.05) is 65.7 Å². The van der Waals surface area contributed by atoms with Crippen molar-refractivity contribution in [3.8, 4) is 0 Å². The maximum atomic E-state index is 3.11. The molecular weight excluding hydrogens is 194 g/mol. The molecule has 0 amide bonds. The van der Waals surface area contributed by atoms with Crippen LogP contribution in [0.1, 0.15) is 72.1 Å². The van der Waals surface area contributed by atoms with E-state index in [1.54, 1.807) is 0 Å². The lowest BCUT2D eigenvalue weighted by Crippen LogP contribution is -2.06. The molecule has 0 bridgehead atoms. The van der Waals surface area contributed by atoms with E-state index in [0.29, 0.717) is 0 Å². The van der Waals surface area contributed by atoms with Crippen LogP contribution in [-0.2, 0) is 0 Å². The van der Waals surface area contributed by atoms with Gasteiger partial charge in [0.25, 0.3) is 0 Å². The van der Waals surface area contributed by atoms with Gasteiger partial charge in [-0.2, -0.15) is 0 Å². The lowest BCUT2D eigenvalue weighted by molar-refractivity contribution is 0.408. The minimum Gasteiger partial charge on any atom is -0.315 e. The summed E-state index contributed by atoms with van der Waals surface area (Å²) in [5.41, 5.74) is 0. The zero-order valence-electron chi connectivity index (χ0n) is 11.9. The van der Waals surface area contributed by atoms with Gasteiger partial charge in [0, 0.05) is 6.54 Å². The van der Waals surface area contributed by atoms with Gasteiger partial charge in [-0.05, 0) is 25.3 Å². The second-order valence-corrected chi connectivity index (χ2v) is 5.37. The van der Waals surface area contributed by atoms with Crippen LogP contribution in [-0.4, -0.2) is 7.05 Å². The van der Waals surface area contributed by atoms with Gasteiger partial charge in [0.1, 0.15) is 0 Å². The molecule has 0 aliphatic carbocycles. The van der Waals surface area contributed by atoms with Crippen molar-refractivity contribution in [2.75, 3.05) is 7.05 Å². The van der Waals surface area contributed by atoms with Gasteiger partial charge in [-0.3, -0.25) is 0 Å². The lowest BCUT2D eigenvalue weighted by Gasteiger charge is -2.14. The normalized spacial score (nSPS) is 15.0. The van der Waals surface area contributed by atoms with E-state index >= 15 is 0 Å². The van der Waals surface area contributed by atoms with Crippen LogP contribution in [0.5, 0.6) is 0 Å². The van der Waals surface area contributed by atoms with Crippen molar-refractivity contribution in [3.63, 3.8) is 0 Å². The van der Waals surface area contributed by atoms with Crippen molar-refractivity contribution >= 4 is 0 Å². The molecule has 0 aromatic heterocycles. The molecular formula is C15H32N. The first kappa shape index (κ1) is 16.0. The van der Waals surface area contributed by atoms with Gasteiger partial charge in [0.05, 0.1) is 0 Å². The summed E-state index contributed by atoms with van der Waals surface area (Å²) in [6, 6.07) is 0. The van der Waals surface area contributed by atoms with E-state index in [1.807, 2.05) is 7.05 Å². The highest BCUT2D eigenvalue weighted by atomic mass is 14.8. The SMILES string of the molecule is CCCCCC(C)CCCC(C)C[CH]NC. The lowest BCUT2D eigenvalue weighted by atomic mass is 9.93. The maximum Gasteiger partial charge on any atom is 0.0220 e. The second-order valence-electron chi connectivity index (χ2n) is 5.37. The molecule has 2 unspecified atom stereocenters. The van der Waals surface area contributed by atoms with Gasteiger partial charge in [-0.25, -0.2) is 0 Å². The molecule has 0 saturated carbocycles. The summed E-state index contributed by atoms with van der Waals surface area (Å²) >= 11 is 0. The van der Waals surface area contributed by atoms with Gasteiger partial charge < -0.3 is 5.32 Å². The van der Waals surface area contributed by atoms with E-state index in [-0.39, 0.29) is 0 Å². The van der Waals surface area contributed by atoms with Gasteiger partial charge in [0.15, 0.2) is 0 Å². The van der Waals surface area contributed by atoms with E-state index in [9.17, 15) is 0 Å². The molecule has 1 nitrogen and oxygen atoms in total. The van der Waals surface area contributed by atoms with Gasteiger partial charge >= 0.3 is 0 Å². The first-order chi connectivity index (χ1) is 7.70. The predicted molar refractivity (Wildman–Crippen MR) is 74.3 cm³/mol. The predicted octanol–water partition coefficient (Wildman–Crippen LogP) is 4.78. The zero-order chi connectivity index (χ0) is 12.2. The zero-order valence-corrected chi connectivity index (χ0v) is 11.9. The summed E-state index contributed by atoms with van der Waals surface area (Å²) in [5, 5.41) is 3.11. The summed E-state index contributed by atoms with van der Waals surface area (Å²) in [5.74, 6) is 1.78. The number of hydrogen-bond donors (Lipinski definition) is 1. The number of hydrogen-bond acceptors (Lipinski definition) is 1. The van der Waals surface area contributed by atoms with Crippen LogP contribution >= 0.6 is 0 Å². The summed E-state index contributed by atoms with van der Waals surface area (Å²) in [7, 11) is 1.99. The molecule has 2 atom stereocenters. The highest BCUT2D eigenvalue weighted by molar-refractivity contribution is 4.65. The standard InChI is InChI=1S/C15H32N/c1-5-6-7-9-14(2)10-8-11-15(3)12-13-16-4/h13-16H,5-12H2,1-4H3. The third kappa shape index (κ3) is 10.5. The fraction of sp³-hybridized carbons (Fsp3) is 0.933. The van der Waals surface area contributed by atoms with Crippen LogP contribution in [0.3, 0.4) is 0 Å². The Balaban J connectivity index is 3.28. The first-order valence-electron chi connectivity index (χ1n) is 7.19. The maximum absolute atomic E-state index is 3.11. The average molecular weight is 226 g/mol. The van der Waals surface area contributed by atoms with Crippen LogP contribution in [0.25, 0.3) is 0 Å². The molecule has 0 aliphatic rings. The Morgan fingerprint density at radius 3 is 2.19 bits per heavy atom. The van der Waals surface area contributed by atoms with Crippen molar-refractivity contribution < 1.29 is 0 Å². The monoisotopic (exact) mass is 226 g/mol. The topological polar surface area (TPSA) is 12.0 Å². The van der Waals surface area contributed by atoms with E-state index in [0.717, 1.165) is 11.8 Å². The molecule has 1 N–H and O–H groups in total. The van der Waals surface area contributed by atoms with Crippen LogP contribution < -0.4 is 5.32 Å². The molecule has 0 saturated heterocycles. The Morgan fingerprint density at radius 1 is 0.938 bits per heavy atom. The van der Waals surface area contributed by atoms with Crippen LogP contribution in [0.2, 0.25) is 0 Å². The Bertz CT molecular complexity index is 133. The van der Waals surface area contributed by atoms with Gasteiger partial charge in [0.2, 0.25) is 0 Å². The molecule has 0 heterocycles. The van der Waals surface area contributed by atoms with E-state index in [2.05, 4.69) is 32.6 Å². The first-order valence-corrected chi connectivity index (χ1v) is 7.19. The van der Waals surface area contributed by atoms with Crippen molar-refractivity contribution in [1.82, 2.24) is 5.32 Å². The van der Waals surface area contributed by atoms with Crippen LogP contribution in [0.4, 0.5) is 0 Å². The molecule has 1 heteroatoms. The summed E-state index contributed by atoms with van der Waals surface area (Å²) in [4.78, 5) is 0. The van der Waals surface area contributed by atoms with E-state index in [4.69, 9.17) is 0 Å². The number of unbranched alkanes of at least 4 members (excludes halogenated alkanes) is 2. The molecule has 0 aromatic rings. The van der Waals surface area contributed by atoms with E-state index < -0.39 is 0 Å². The third-order valence-electron chi connectivity index (χ3n) is 3.42. The molecule has 0 aromatic carbocycles. The number of rotatable bonds is 11.